The van der Waals surface area contributed by atoms with Crippen molar-refractivity contribution in [2.24, 2.45) is 5.92 Å². The second-order valence-electron chi connectivity index (χ2n) is 10.2. The number of nitrogens with one attached hydrogen (secondary N) is 1. The van der Waals surface area contributed by atoms with Crippen molar-refractivity contribution < 1.29 is 24.9 Å². The van der Waals surface area contributed by atoms with Gasteiger partial charge in [-0.2, -0.15) is 0 Å². The highest BCUT2D eigenvalue weighted by molar-refractivity contribution is 7.99. The number of likely N-dealkylation sites (tertiary alicyclic amines) is 1. The van der Waals surface area contributed by atoms with Gasteiger partial charge in [-0.15, -0.1) is 23.4 Å². The Hall–Kier alpha value is -0.0900. The molecule has 4 N–H and O–H groups in total. The van der Waals surface area contributed by atoms with Crippen LogP contribution in [0.3, 0.4) is 0 Å². The first kappa shape index (κ1) is 32.9. The maximum atomic E-state index is 13.2. The number of amides is 1. The predicted octanol–water partition coefficient (Wildman–Crippen LogP) is 4.11. The smallest absolute Gasteiger partial charge is 0.237 e. The number of nitrogens with zero attached hydrogens (tertiary/aromatic N) is 1. The quantitative estimate of drug-likeness (QED) is 0.125. The van der Waals surface area contributed by atoms with Crippen LogP contribution >= 0.6 is 23.4 Å². The first-order valence-electron chi connectivity index (χ1n) is 13.5. The summed E-state index contributed by atoms with van der Waals surface area (Å²) in [6, 6.07) is -1.13. The largest absolute Gasteiger partial charge is 0.391 e. The third-order valence-corrected chi connectivity index (χ3v) is 8.31. The summed E-state index contributed by atoms with van der Waals surface area (Å²) in [5.74, 6) is 0.479. The number of thioether (sulfide) groups is 1. The van der Waals surface area contributed by atoms with Crippen LogP contribution in [0.4, 0.5) is 0 Å². The third kappa shape index (κ3) is 12.3. The molecule has 7 nitrogen and oxygen atoms in total. The van der Waals surface area contributed by atoms with Gasteiger partial charge in [0, 0.05) is 0 Å². The topological polar surface area (TPSA) is 102 Å². The number of alkyl halides is 1. The van der Waals surface area contributed by atoms with Crippen LogP contribution in [0, 0.1) is 5.92 Å². The number of aliphatic hydroxyl groups excluding tert-OH is 3. The van der Waals surface area contributed by atoms with Crippen molar-refractivity contribution in [3.8, 4) is 0 Å². The average molecular weight is 539 g/mol. The molecule has 1 fully saturated rings. The highest BCUT2D eigenvalue weighted by Crippen LogP contribution is 2.27. The molecular formula is C26H51ClN2O5S. The Morgan fingerprint density at radius 2 is 1.71 bits per heavy atom. The van der Waals surface area contributed by atoms with E-state index >= 15 is 0 Å². The van der Waals surface area contributed by atoms with Gasteiger partial charge in [0.25, 0.3) is 0 Å². The lowest BCUT2D eigenvalue weighted by Crippen LogP contribution is -2.55. The highest BCUT2D eigenvalue weighted by Gasteiger charge is 2.35. The molecule has 1 saturated heterocycles. The van der Waals surface area contributed by atoms with E-state index in [1.54, 1.807) is 13.2 Å². The molecular weight excluding hydrogens is 488 g/mol. The van der Waals surface area contributed by atoms with E-state index in [1.165, 1.54) is 70.1 Å². The first-order valence-corrected chi connectivity index (χ1v) is 15.2. The van der Waals surface area contributed by atoms with Gasteiger partial charge in [0.15, 0.2) is 6.29 Å². The van der Waals surface area contributed by atoms with Crippen LogP contribution in [0.15, 0.2) is 0 Å². The van der Waals surface area contributed by atoms with Crippen LogP contribution in [-0.2, 0) is 9.53 Å². The first-order chi connectivity index (χ1) is 16.6. The minimum absolute atomic E-state index is 0.166. The number of halogens is 1. The number of hydrogen-bond donors (Lipinski definition) is 4. The molecule has 0 aromatic heterocycles. The van der Waals surface area contributed by atoms with E-state index in [0.29, 0.717) is 5.92 Å². The fraction of sp³-hybridized carbons (Fsp3) is 0.962. The number of unbranched alkanes of at least 4 members (excludes halogenated alkanes) is 6. The zero-order valence-electron chi connectivity index (χ0n) is 22.5. The lowest BCUT2D eigenvalue weighted by Gasteiger charge is -2.33. The van der Waals surface area contributed by atoms with Crippen molar-refractivity contribution in [3.05, 3.63) is 0 Å². The molecule has 0 radical (unpaired) electrons. The van der Waals surface area contributed by atoms with Crippen molar-refractivity contribution in [1.29, 1.82) is 0 Å². The van der Waals surface area contributed by atoms with Gasteiger partial charge in [-0.1, -0.05) is 58.3 Å². The van der Waals surface area contributed by atoms with Gasteiger partial charge in [0.1, 0.15) is 11.5 Å². The molecule has 0 aromatic rings. The molecule has 0 saturated carbocycles. The zero-order valence-corrected chi connectivity index (χ0v) is 24.1. The minimum atomic E-state index is -1.42. The van der Waals surface area contributed by atoms with Crippen LogP contribution in [0.1, 0.15) is 91.4 Å². The van der Waals surface area contributed by atoms with Crippen molar-refractivity contribution in [2.75, 3.05) is 19.8 Å². The molecule has 0 bridgehead atoms. The van der Waals surface area contributed by atoms with Gasteiger partial charge < -0.3 is 25.4 Å². The number of rotatable bonds is 17. The summed E-state index contributed by atoms with van der Waals surface area (Å²) < 4.78 is 5.58. The van der Waals surface area contributed by atoms with Crippen LogP contribution < -0.4 is 5.32 Å². The molecule has 1 rings (SSSR count). The van der Waals surface area contributed by atoms with Crippen LogP contribution in [-0.4, -0.2) is 87.4 Å². The Balaban J connectivity index is 2.59. The number of likely N-dealkylation sites (N-methyl/N-ethyl adjacent to an activating group) is 1. The van der Waals surface area contributed by atoms with Gasteiger partial charge in [-0.25, -0.2) is 0 Å². The number of hydrogen-bond acceptors (Lipinski definition) is 7. The summed E-state index contributed by atoms with van der Waals surface area (Å²) in [6.45, 7) is 6.26. The molecule has 208 valence electrons. The van der Waals surface area contributed by atoms with Gasteiger partial charge in [0.2, 0.25) is 5.91 Å². The number of aliphatic hydroxyl groups is 3. The van der Waals surface area contributed by atoms with E-state index in [9.17, 15) is 20.1 Å². The second kappa shape index (κ2) is 18.2. The van der Waals surface area contributed by atoms with E-state index < -0.39 is 35.4 Å². The summed E-state index contributed by atoms with van der Waals surface area (Å²) in [6.07, 6.45) is 11.4. The molecule has 1 amide bonds. The predicted molar refractivity (Wildman–Crippen MR) is 146 cm³/mol. The number of carbonyl (C=O) groups excluding carboxylic acids is 1. The standard InChI is InChI=1S/C26H51ClN2O5S/c1-6-7-8-9-10-11-12-13-20-14-15-21(29(4)17-16-20)24(32)28-22(18(2)27)25(33)34-26(35-5)23(31)19(3)30/h18-23,25-26,30-31,33H,6-17H2,1-5H3,(H,28,32)/t18?,19-,20+,21?,22?,23?,25-,26?/m1/s1. The van der Waals surface area contributed by atoms with E-state index in [0.717, 1.165) is 25.8 Å². The fourth-order valence-corrected chi connectivity index (χ4v) is 5.63. The maximum Gasteiger partial charge on any atom is 0.237 e. The molecule has 1 heterocycles. The fourth-order valence-electron chi connectivity index (χ4n) is 4.71. The Labute approximate surface area is 222 Å². The SMILES string of the molecule is CCCCCCCCC[C@H]1CCC(C(=O)NC(C(C)Cl)[C@H](O)OC(SC)C(O)[C@@H](C)O)N(C)CC1. The molecule has 0 aromatic carbocycles. The Morgan fingerprint density at radius 3 is 2.29 bits per heavy atom. The molecule has 1 aliphatic heterocycles. The van der Waals surface area contributed by atoms with Crippen molar-refractivity contribution in [1.82, 2.24) is 10.2 Å². The average Bonchev–Trinajstić information content (AvgIpc) is 3.00. The molecule has 1 aliphatic rings. The van der Waals surface area contributed by atoms with Gasteiger partial charge in [-0.3, -0.25) is 9.69 Å². The van der Waals surface area contributed by atoms with Gasteiger partial charge in [0.05, 0.1) is 23.6 Å². The highest BCUT2D eigenvalue weighted by atomic mass is 35.5. The number of carbonyl (C=O) groups is 1. The lowest BCUT2D eigenvalue weighted by atomic mass is 9.92. The van der Waals surface area contributed by atoms with E-state index in [-0.39, 0.29) is 11.9 Å². The van der Waals surface area contributed by atoms with E-state index in [4.69, 9.17) is 16.3 Å². The molecule has 0 aliphatic carbocycles. The second-order valence-corrected chi connectivity index (χ2v) is 11.8. The van der Waals surface area contributed by atoms with E-state index in [2.05, 4.69) is 17.1 Å². The molecule has 8 atom stereocenters. The van der Waals surface area contributed by atoms with Crippen molar-refractivity contribution in [3.63, 3.8) is 0 Å². The summed E-state index contributed by atoms with van der Waals surface area (Å²) in [7, 11) is 1.98. The Bertz CT molecular complexity index is 572. The van der Waals surface area contributed by atoms with Gasteiger partial charge in [-0.05, 0) is 58.9 Å². The van der Waals surface area contributed by atoms with Crippen LogP contribution in [0.25, 0.3) is 0 Å². The minimum Gasteiger partial charge on any atom is -0.391 e. The third-order valence-electron chi connectivity index (χ3n) is 7.18. The van der Waals surface area contributed by atoms with Crippen molar-refractivity contribution in [2.45, 2.75) is 133 Å². The zero-order chi connectivity index (χ0) is 26.4. The van der Waals surface area contributed by atoms with E-state index in [1.807, 2.05) is 7.05 Å². The summed E-state index contributed by atoms with van der Waals surface area (Å²) in [5.41, 5.74) is -0.854. The summed E-state index contributed by atoms with van der Waals surface area (Å²) in [5, 5.41) is 32.8. The Kier molecular flexibility index (Phi) is 17.1. The van der Waals surface area contributed by atoms with Crippen LogP contribution in [0.5, 0.6) is 0 Å². The van der Waals surface area contributed by atoms with Crippen molar-refractivity contribution >= 4 is 29.3 Å². The maximum absolute atomic E-state index is 13.2. The molecule has 35 heavy (non-hydrogen) atoms. The number of ether oxygens (including phenoxy) is 1. The molecule has 5 unspecified atom stereocenters. The lowest BCUT2D eigenvalue weighted by molar-refractivity contribution is -0.165. The monoisotopic (exact) mass is 538 g/mol. The normalized spacial score (nSPS) is 24.7. The van der Waals surface area contributed by atoms with Crippen LogP contribution in [0.2, 0.25) is 0 Å². The Morgan fingerprint density at radius 1 is 1.09 bits per heavy atom. The summed E-state index contributed by atoms with van der Waals surface area (Å²) in [4.78, 5) is 15.3. The molecule has 9 heteroatoms. The van der Waals surface area contributed by atoms with Gasteiger partial charge >= 0.3 is 0 Å². The summed E-state index contributed by atoms with van der Waals surface area (Å²) >= 11 is 7.48. The molecule has 0 spiro atoms.